The van der Waals surface area contributed by atoms with E-state index in [9.17, 15) is 20.0 Å². The van der Waals surface area contributed by atoms with Crippen LogP contribution in [0.5, 0.6) is 0 Å². The molecule has 1 saturated heterocycles. The molecule has 8 nitrogen and oxygen atoms in total. The van der Waals surface area contributed by atoms with E-state index >= 15 is 0 Å². The summed E-state index contributed by atoms with van der Waals surface area (Å²) in [4.78, 5) is 32.1. The van der Waals surface area contributed by atoms with Crippen LogP contribution in [0, 0.1) is 10.1 Å². The molecule has 9 heteroatoms. The molecule has 4 rings (SSSR count). The highest BCUT2D eigenvalue weighted by atomic mass is 32.2. The molecule has 2 aromatic carbocycles. The van der Waals surface area contributed by atoms with E-state index in [-0.39, 0.29) is 15.5 Å². The zero-order valence-electron chi connectivity index (χ0n) is 18.2. The predicted molar refractivity (Wildman–Crippen MR) is 130 cm³/mol. The first kappa shape index (κ1) is 22.8. The van der Waals surface area contributed by atoms with Crippen molar-refractivity contribution in [2.45, 2.75) is 6.54 Å². The molecule has 1 fully saturated rings. The van der Waals surface area contributed by atoms with Crippen molar-refractivity contribution in [2.75, 3.05) is 32.4 Å². The summed E-state index contributed by atoms with van der Waals surface area (Å²) in [6, 6.07) is 17.0. The van der Waals surface area contributed by atoms with Gasteiger partial charge in [-0.2, -0.15) is 0 Å². The number of benzene rings is 2. The summed E-state index contributed by atoms with van der Waals surface area (Å²) in [5.74, 6) is -0.974. The number of carboxylic acid groups (broad SMARTS) is 1. The van der Waals surface area contributed by atoms with Crippen molar-refractivity contribution < 1.29 is 14.8 Å². The van der Waals surface area contributed by atoms with Crippen LogP contribution in [0.4, 0.5) is 0 Å². The average molecular weight is 465 g/mol. The van der Waals surface area contributed by atoms with Crippen molar-refractivity contribution in [3.63, 3.8) is 0 Å². The van der Waals surface area contributed by atoms with E-state index in [0.29, 0.717) is 54.9 Å². The Balaban J connectivity index is 1.68. The maximum Gasteiger partial charge on any atom is 0.336 e. The van der Waals surface area contributed by atoms with Gasteiger partial charge >= 0.3 is 11.0 Å². The van der Waals surface area contributed by atoms with Gasteiger partial charge in [0.1, 0.15) is 0 Å². The van der Waals surface area contributed by atoms with Crippen LogP contribution in [0.3, 0.4) is 0 Å². The first-order valence-electron chi connectivity index (χ1n) is 10.5. The van der Waals surface area contributed by atoms with Crippen LogP contribution in [0.25, 0.3) is 22.2 Å². The van der Waals surface area contributed by atoms with Crippen LogP contribution in [-0.2, 0) is 6.54 Å². The lowest BCUT2D eigenvalue weighted by Gasteiger charge is -2.34. The highest BCUT2D eigenvalue weighted by molar-refractivity contribution is 8.02. The second-order valence-electron chi connectivity index (χ2n) is 7.74. The van der Waals surface area contributed by atoms with Gasteiger partial charge < -0.3 is 10.0 Å². The SMILES string of the molecule is CSC(=CN1CCN(Cc2c(-c3ccccc3)nc3ccccc3c2C(=O)O)CC1)[N+](=O)[O-]. The first-order valence-corrected chi connectivity index (χ1v) is 11.8. The molecule has 1 N–H and O–H groups in total. The van der Waals surface area contributed by atoms with Gasteiger partial charge in [0.2, 0.25) is 0 Å². The van der Waals surface area contributed by atoms with Gasteiger partial charge in [0.05, 0.1) is 27.9 Å². The molecule has 33 heavy (non-hydrogen) atoms. The van der Waals surface area contributed by atoms with E-state index in [2.05, 4.69) is 4.90 Å². The number of carbonyl (C=O) groups is 1. The summed E-state index contributed by atoms with van der Waals surface area (Å²) >= 11 is 1.11. The standard InChI is InChI=1S/C24H24N4O4S/c1-33-21(28(31)32)16-27-13-11-26(12-14-27)15-19-22(24(29)30)18-9-5-6-10-20(18)25-23(19)17-7-3-2-4-8-17/h2-10,16H,11-15H2,1H3,(H,29,30). The van der Waals surface area contributed by atoms with Crippen LogP contribution in [0.15, 0.2) is 65.8 Å². The number of hydrogen-bond acceptors (Lipinski definition) is 7. The highest BCUT2D eigenvalue weighted by Gasteiger charge is 2.25. The minimum absolute atomic E-state index is 0.113. The van der Waals surface area contributed by atoms with Gasteiger partial charge in [-0.1, -0.05) is 60.3 Å². The van der Waals surface area contributed by atoms with Gasteiger partial charge in [0, 0.05) is 49.2 Å². The van der Waals surface area contributed by atoms with E-state index in [1.165, 1.54) is 0 Å². The molecule has 0 radical (unpaired) electrons. The van der Waals surface area contributed by atoms with Crippen LogP contribution in [0.2, 0.25) is 0 Å². The number of rotatable bonds is 7. The molecule has 0 aliphatic carbocycles. The number of pyridine rings is 1. The Labute approximate surface area is 195 Å². The van der Waals surface area contributed by atoms with Gasteiger partial charge in [-0.3, -0.25) is 15.0 Å². The number of para-hydroxylation sites is 1. The molecular weight excluding hydrogens is 440 g/mol. The Bertz CT molecular complexity index is 1210. The Hall–Kier alpha value is -3.43. The summed E-state index contributed by atoms with van der Waals surface area (Å²) in [6.45, 7) is 3.02. The minimum Gasteiger partial charge on any atom is -0.478 e. The third-order valence-corrected chi connectivity index (χ3v) is 6.40. The fraction of sp³-hybridized carbons (Fsp3) is 0.250. The lowest BCUT2D eigenvalue weighted by molar-refractivity contribution is -0.411. The van der Waals surface area contributed by atoms with Crippen LogP contribution in [-0.4, -0.2) is 63.2 Å². The smallest absolute Gasteiger partial charge is 0.336 e. The summed E-state index contributed by atoms with van der Waals surface area (Å²) in [7, 11) is 0. The number of aromatic carboxylic acids is 1. The molecular formula is C24H24N4O4S. The molecule has 0 atom stereocenters. The summed E-state index contributed by atoms with van der Waals surface area (Å²) in [6.07, 6.45) is 3.29. The molecule has 170 valence electrons. The number of hydrogen-bond donors (Lipinski definition) is 1. The number of fused-ring (bicyclic) bond motifs is 1. The van der Waals surface area contributed by atoms with E-state index in [1.54, 1.807) is 18.5 Å². The molecule has 2 heterocycles. The summed E-state index contributed by atoms with van der Waals surface area (Å²) in [5, 5.41) is 22.0. The Kier molecular flexibility index (Phi) is 6.90. The van der Waals surface area contributed by atoms with E-state index in [4.69, 9.17) is 4.98 Å². The first-order chi connectivity index (χ1) is 16.0. The number of nitrogens with zero attached hydrogens (tertiary/aromatic N) is 4. The second kappa shape index (κ2) is 10.0. The minimum atomic E-state index is -0.974. The number of nitro groups is 1. The fourth-order valence-electron chi connectivity index (χ4n) is 4.09. The third-order valence-electron chi connectivity index (χ3n) is 5.73. The van der Waals surface area contributed by atoms with Crippen molar-refractivity contribution >= 4 is 28.6 Å². The molecule has 1 aromatic heterocycles. The normalized spacial score (nSPS) is 15.1. The van der Waals surface area contributed by atoms with Crippen LogP contribution in [0.1, 0.15) is 15.9 Å². The number of aromatic nitrogens is 1. The molecule has 0 unspecified atom stereocenters. The zero-order chi connectivity index (χ0) is 23.4. The molecule has 1 aliphatic heterocycles. The Morgan fingerprint density at radius 3 is 2.42 bits per heavy atom. The zero-order valence-corrected chi connectivity index (χ0v) is 19.0. The lowest BCUT2D eigenvalue weighted by Crippen LogP contribution is -2.44. The molecule has 0 saturated carbocycles. The van der Waals surface area contributed by atoms with E-state index < -0.39 is 5.97 Å². The monoisotopic (exact) mass is 464 g/mol. The number of carboxylic acids is 1. The van der Waals surface area contributed by atoms with Gasteiger partial charge in [-0.05, 0) is 12.3 Å². The molecule has 0 bridgehead atoms. The van der Waals surface area contributed by atoms with E-state index in [1.807, 2.05) is 53.4 Å². The van der Waals surface area contributed by atoms with E-state index in [0.717, 1.165) is 17.3 Å². The summed E-state index contributed by atoms with van der Waals surface area (Å²) < 4.78 is 0. The van der Waals surface area contributed by atoms with Gasteiger partial charge in [0.15, 0.2) is 0 Å². The van der Waals surface area contributed by atoms with Crippen molar-refractivity contribution in [2.24, 2.45) is 0 Å². The van der Waals surface area contributed by atoms with Crippen LogP contribution >= 0.6 is 11.8 Å². The molecule has 1 aliphatic rings. The lowest BCUT2D eigenvalue weighted by atomic mass is 9.96. The predicted octanol–water partition coefficient (Wildman–Crippen LogP) is 4.16. The Morgan fingerprint density at radius 2 is 1.79 bits per heavy atom. The van der Waals surface area contributed by atoms with Crippen molar-refractivity contribution in [3.8, 4) is 11.3 Å². The molecule has 3 aromatic rings. The van der Waals surface area contributed by atoms with Crippen LogP contribution < -0.4 is 0 Å². The third kappa shape index (κ3) is 4.99. The second-order valence-corrected chi connectivity index (χ2v) is 8.57. The van der Waals surface area contributed by atoms with Gasteiger partial charge in [-0.15, -0.1) is 0 Å². The average Bonchev–Trinajstić information content (AvgIpc) is 2.83. The molecule has 0 amide bonds. The highest BCUT2D eigenvalue weighted by Crippen LogP contribution is 2.31. The topological polar surface area (TPSA) is 99.8 Å². The number of thioether (sulfide) groups is 1. The quantitative estimate of drug-likeness (QED) is 0.411. The Morgan fingerprint density at radius 1 is 1.12 bits per heavy atom. The molecule has 0 spiro atoms. The van der Waals surface area contributed by atoms with Gasteiger partial charge in [-0.25, -0.2) is 9.78 Å². The van der Waals surface area contributed by atoms with Gasteiger partial charge in [0.25, 0.3) is 0 Å². The van der Waals surface area contributed by atoms with Crippen molar-refractivity contribution in [3.05, 3.63) is 87.1 Å². The number of piperazine rings is 1. The fourth-order valence-corrected chi connectivity index (χ4v) is 4.49. The largest absolute Gasteiger partial charge is 0.478 e. The maximum absolute atomic E-state index is 12.4. The summed E-state index contributed by atoms with van der Waals surface area (Å²) in [5.41, 5.74) is 3.16. The van der Waals surface area contributed by atoms with Crippen molar-refractivity contribution in [1.29, 1.82) is 0 Å². The maximum atomic E-state index is 12.4. The van der Waals surface area contributed by atoms with Crippen molar-refractivity contribution in [1.82, 2.24) is 14.8 Å².